The van der Waals surface area contributed by atoms with Crippen molar-refractivity contribution in [1.82, 2.24) is 0 Å². The number of nitrogens with one attached hydrogen (secondary N) is 1. The number of carbonyl (C=O) groups is 3. The lowest BCUT2D eigenvalue weighted by atomic mass is 10.1. The molecule has 0 radical (unpaired) electrons. The highest BCUT2D eigenvalue weighted by Gasteiger charge is 2.41. The smallest absolute Gasteiger partial charge is 0.338 e. The Bertz CT molecular complexity index is 1010. The molecule has 7 nitrogen and oxygen atoms in total. The maximum absolute atomic E-state index is 13.1. The number of amidine groups is 1. The van der Waals surface area contributed by atoms with Gasteiger partial charge in [0, 0.05) is 12.1 Å². The average molecular weight is 454 g/mol. The van der Waals surface area contributed by atoms with Gasteiger partial charge in [0.15, 0.2) is 5.17 Å². The van der Waals surface area contributed by atoms with Crippen molar-refractivity contribution in [1.29, 1.82) is 0 Å². The van der Waals surface area contributed by atoms with Crippen molar-refractivity contribution in [3.63, 3.8) is 0 Å². The zero-order chi connectivity index (χ0) is 23.3. The van der Waals surface area contributed by atoms with Crippen LogP contribution in [0.25, 0.3) is 0 Å². The molecule has 0 aromatic heterocycles. The molecule has 0 aliphatic carbocycles. The molecule has 0 bridgehead atoms. The maximum Gasteiger partial charge on any atom is 0.338 e. The van der Waals surface area contributed by atoms with Crippen LogP contribution in [0.4, 0.5) is 11.4 Å². The van der Waals surface area contributed by atoms with Crippen molar-refractivity contribution in [2.75, 3.05) is 16.8 Å². The first-order valence-electron chi connectivity index (χ1n) is 10.4. The van der Waals surface area contributed by atoms with Gasteiger partial charge in [-0.2, -0.15) is 0 Å². The Labute approximate surface area is 192 Å². The lowest BCUT2D eigenvalue weighted by molar-refractivity contribution is -0.121. The summed E-state index contributed by atoms with van der Waals surface area (Å²) in [6.45, 7) is 7.92. The van der Waals surface area contributed by atoms with Gasteiger partial charge in [-0.15, -0.1) is 0 Å². The van der Waals surface area contributed by atoms with Gasteiger partial charge < -0.3 is 10.1 Å². The van der Waals surface area contributed by atoms with E-state index in [4.69, 9.17) is 9.73 Å². The van der Waals surface area contributed by atoms with Crippen LogP contribution in [0.1, 0.15) is 44.5 Å². The minimum absolute atomic E-state index is 0.0722. The van der Waals surface area contributed by atoms with Gasteiger partial charge in [0.05, 0.1) is 23.4 Å². The number of aliphatic imine (C=N–C) groups is 1. The molecule has 1 saturated heterocycles. The average Bonchev–Trinajstić information content (AvgIpc) is 3.00. The lowest BCUT2D eigenvalue weighted by Crippen LogP contribution is -2.32. The van der Waals surface area contributed by atoms with Gasteiger partial charge in [-0.05, 0) is 64.1 Å². The predicted molar refractivity (Wildman–Crippen MR) is 128 cm³/mol. The predicted octanol–water partition coefficient (Wildman–Crippen LogP) is 4.50. The highest BCUT2D eigenvalue weighted by atomic mass is 32.2. The highest BCUT2D eigenvalue weighted by Crippen LogP contribution is 2.31. The summed E-state index contributed by atoms with van der Waals surface area (Å²) >= 11 is 1.25. The summed E-state index contributed by atoms with van der Waals surface area (Å²) in [5.41, 5.74) is 1.29. The van der Waals surface area contributed by atoms with Crippen LogP contribution >= 0.6 is 11.8 Å². The standard InChI is InChI=1S/C24H27N3O4S/c1-5-31-22(30)16-11-13-18(14-12-16)27-20(28)15-19(21(27)29)32-23(26-24(2,3)4)25-17-9-7-6-8-10-17/h6-14,19H,5,15H2,1-4H3,(H,25,26). The molecule has 0 saturated carbocycles. The van der Waals surface area contributed by atoms with Crippen molar-refractivity contribution < 1.29 is 19.1 Å². The summed E-state index contributed by atoms with van der Waals surface area (Å²) in [7, 11) is 0. The molecule has 2 aromatic carbocycles. The van der Waals surface area contributed by atoms with Gasteiger partial charge in [0.2, 0.25) is 11.8 Å². The fourth-order valence-corrected chi connectivity index (χ4v) is 4.30. The van der Waals surface area contributed by atoms with Crippen LogP contribution in [0.2, 0.25) is 0 Å². The number of para-hydroxylation sites is 1. The summed E-state index contributed by atoms with van der Waals surface area (Å²) < 4.78 is 4.98. The van der Waals surface area contributed by atoms with Gasteiger partial charge in [-0.3, -0.25) is 14.6 Å². The first-order chi connectivity index (χ1) is 15.2. The van der Waals surface area contributed by atoms with Crippen molar-refractivity contribution in [2.45, 2.75) is 44.9 Å². The molecule has 1 atom stereocenters. The van der Waals surface area contributed by atoms with Gasteiger partial charge in [0.25, 0.3) is 0 Å². The molecule has 2 amide bonds. The monoisotopic (exact) mass is 453 g/mol. The molecule has 2 aromatic rings. The zero-order valence-corrected chi connectivity index (χ0v) is 19.4. The molecular formula is C24H27N3O4S. The van der Waals surface area contributed by atoms with Crippen LogP contribution < -0.4 is 10.2 Å². The van der Waals surface area contributed by atoms with Gasteiger partial charge in [-0.25, -0.2) is 9.69 Å². The van der Waals surface area contributed by atoms with E-state index in [1.54, 1.807) is 31.2 Å². The minimum atomic E-state index is -0.593. The minimum Gasteiger partial charge on any atom is -0.462 e. The van der Waals surface area contributed by atoms with E-state index in [2.05, 4.69) is 5.32 Å². The van der Waals surface area contributed by atoms with Crippen LogP contribution in [0.3, 0.4) is 0 Å². The summed E-state index contributed by atoms with van der Waals surface area (Å²) in [5, 5.41) is 3.25. The number of thioether (sulfide) groups is 1. The second kappa shape index (κ2) is 9.99. The number of hydrogen-bond donors (Lipinski definition) is 1. The number of ether oxygens (including phenoxy) is 1. The number of esters is 1. The van der Waals surface area contributed by atoms with E-state index in [-0.39, 0.29) is 30.4 Å². The Kier molecular flexibility index (Phi) is 7.35. The topological polar surface area (TPSA) is 88.1 Å². The summed E-state index contributed by atoms with van der Waals surface area (Å²) in [6, 6.07) is 15.8. The molecule has 1 fully saturated rings. The maximum atomic E-state index is 13.1. The molecule has 8 heteroatoms. The summed E-state index contributed by atoms with van der Waals surface area (Å²) in [5.74, 6) is -1.03. The molecule has 0 spiro atoms. The second-order valence-corrected chi connectivity index (χ2v) is 9.42. The molecule has 1 N–H and O–H groups in total. The van der Waals surface area contributed by atoms with E-state index in [0.717, 1.165) is 5.69 Å². The third kappa shape index (κ3) is 5.97. The van der Waals surface area contributed by atoms with E-state index in [9.17, 15) is 14.4 Å². The van der Waals surface area contributed by atoms with Crippen molar-refractivity contribution in [2.24, 2.45) is 4.99 Å². The Morgan fingerprint density at radius 1 is 1.12 bits per heavy atom. The summed E-state index contributed by atoms with van der Waals surface area (Å²) in [4.78, 5) is 43.5. The molecule has 1 heterocycles. The Balaban J connectivity index is 1.77. The highest BCUT2D eigenvalue weighted by molar-refractivity contribution is 8.15. The number of rotatable bonds is 5. The van der Waals surface area contributed by atoms with Crippen LogP contribution in [0.5, 0.6) is 0 Å². The SMILES string of the molecule is CCOC(=O)c1ccc(N2C(=O)CC(SC(=NC(C)(C)C)Nc3ccccc3)C2=O)cc1. The first kappa shape index (κ1) is 23.5. The van der Waals surface area contributed by atoms with Crippen molar-refractivity contribution >= 4 is 46.1 Å². The Morgan fingerprint density at radius 2 is 1.78 bits per heavy atom. The molecule has 1 aliphatic heterocycles. The third-order valence-corrected chi connectivity index (χ3v) is 5.53. The lowest BCUT2D eigenvalue weighted by Gasteiger charge is -2.19. The Morgan fingerprint density at radius 3 is 2.38 bits per heavy atom. The van der Waals surface area contributed by atoms with E-state index in [1.165, 1.54) is 16.7 Å². The summed E-state index contributed by atoms with van der Waals surface area (Å²) in [6.07, 6.45) is 0.0722. The number of benzene rings is 2. The number of imide groups is 1. The molecular weight excluding hydrogens is 426 g/mol. The quantitative estimate of drug-likeness (QED) is 0.310. The van der Waals surface area contributed by atoms with E-state index >= 15 is 0 Å². The number of nitrogens with zero attached hydrogens (tertiary/aromatic N) is 2. The molecule has 3 rings (SSSR count). The van der Waals surface area contributed by atoms with Gasteiger partial charge >= 0.3 is 5.97 Å². The normalized spacial score (nSPS) is 16.9. The molecule has 1 aliphatic rings. The van der Waals surface area contributed by atoms with Crippen LogP contribution in [-0.2, 0) is 14.3 Å². The van der Waals surface area contributed by atoms with E-state index in [1.807, 2.05) is 51.1 Å². The van der Waals surface area contributed by atoms with E-state index in [0.29, 0.717) is 16.4 Å². The van der Waals surface area contributed by atoms with Crippen molar-refractivity contribution in [3.8, 4) is 0 Å². The fourth-order valence-electron chi connectivity index (χ4n) is 3.10. The third-order valence-electron chi connectivity index (χ3n) is 4.46. The van der Waals surface area contributed by atoms with Crippen LogP contribution in [0, 0.1) is 0 Å². The largest absolute Gasteiger partial charge is 0.462 e. The first-order valence-corrected chi connectivity index (χ1v) is 11.3. The second-order valence-electron chi connectivity index (χ2n) is 8.22. The Hall–Kier alpha value is -3.13. The van der Waals surface area contributed by atoms with Crippen molar-refractivity contribution in [3.05, 3.63) is 60.2 Å². The van der Waals surface area contributed by atoms with Gasteiger partial charge in [0.1, 0.15) is 5.25 Å². The van der Waals surface area contributed by atoms with Crippen LogP contribution in [-0.4, -0.2) is 40.3 Å². The zero-order valence-electron chi connectivity index (χ0n) is 18.6. The number of amides is 2. The molecule has 32 heavy (non-hydrogen) atoms. The number of hydrogen-bond acceptors (Lipinski definition) is 6. The van der Waals surface area contributed by atoms with E-state index < -0.39 is 11.2 Å². The molecule has 168 valence electrons. The fraction of sp³-hybridized carbons (Fsp3) is 0.333. The van der Waals surface area contributed by atoms with Crippen LogP contribution in [0.15, 0.2) is 59.6 Å². The molecule has 1 unspecified atom stereocenters. The number of carbonyl (C=O) groups excluding carboxylic acids is 3. The van der Waals surface area contributed by atoms with Gasteiger partial charge in [-0.1, -0.05) is 30.0 Å². The number of anilines is 2.